The van der Waals surface area contributed by atoms with Crippen LogP contribution in [0.1, 0.15) is 32.6 Å². The van der Waals surface area contributed by atoms with E-state index in [1.165, 1.54) is 32.2 Å². The van der Waals surface area contributed by atoms with Gasteiger partial charge in [-0.1, -0.05) is 0 Å². The highest BCUT2D eigenvalue weighted by molar-refractivity contribution is 4.98. The topological polar surface area (TPSA) is 3.24 Å². The highest BCUT2D eigenvalue weighted by Gasteiger charge is 2.45. The molecule has 1 heterocycles. The molecule has 2 fully saturated rings. The van der Waals surface area contributed by atoms with Crippen LogP contribution in [0.3, 0.4) is 0 Å². The Balaban J connectivity index is 1.98. The summed E-state index contributed by atoms with van der Waals surface area (Å²) in [6, 6.07) is 0.844. The standard InChI is InChI=1S/C9H17N/c1-8-7-9(3-4-9)5-6-10(8)2/h8H,3-7H2,1-2H3/t8-/m0/s1. The van der Waals surface area contributed by atoms with Crippen LogP contribution in [0.25, 0.3) is 0 Å². The van der Waals surface area contributed by atoms with Crippen LogP contribution in [0.2, 0.25) is 0 Å². The molecule has 0 aromatic carbocycles. The van der Waals surface area contributed by atoms with Crippen LogP contribution in [0.5, 0.6) is 0 Å². The van der Waals surface area contributed by atoms with E-state index >= 15 is 0 Å². The molecule has 1 heteroatoms. The van der Waals surface area contributed by atoms with Crippen LogP contribution in [-0.4, -0.2) is 24.5 Å². The predicted octanol–water partition coefficient (Wildman–Crippen LogP) is 1.88. The Morgan fingerprint density at radius 3 is 2.50 bits per heavy atom. The zero-order valence-corrected chi connectivity index (χ0v) is 7.06. The molecular weight excluding hydrogens is 122 g/mol. The second-order valence-electron chi connectivity index (χ2n) is 4.28. The fourth-order valence-electron chi connectivity index (χ4n) is 2.15. The van der Waals surface area contributed by atoms with Gasteiger partial charge in [-0.05, 0) is 51.6 Å². The Morgan fingerprint density at radius 1 is 1.30 bits per heavy atom. The van der Waals surface area contributed by atoms with Gasteiger partial charge in [0.1, 0.15) is 0 Å². The van der Waals surface area contributed by atoms with Crippen LogP contribution in [0.15, 0.2) is 0 Å². The van der Waals surface area contributed by atoms with Crippen LogP contribution >= 0.6 is 0 Å². The first-order chi connectivity index (χ1) is 4.72. The van der Waals surface area contributed by atoms with Crippen LogP contribution in [-0.2, 0) is 0 Å². The largest absolute Gasteiger partial charge is 0.304 e. The molecule has 1 saturated heterocycles. The zero-order valence-electron chi connectivity index (χ0n) is 7.06. The van der Waals surface area contributed by atoms with Gasteiger partial charge in [0.2, 0.25) is 0 Å². The molecule has 0 radical (unpaired) electrons. The van der Waals surface area contributed by atoms with Gasteiger partial charge in [0.15, 0.2) is 0 Å². The fourth-order valence-corrected chi connectivity index (χ4v) is 2.15. The number of rotatable bonds is 0. The summed E-state index contributed by atoms with van der Waals surface area (Å²) in [5.41, 5.74) is 0.839. The van der Waals surface area contributed by atoms with Gasteiger partial charge < -0.3 is 4.90 Å². The average Bonchev–Trinajstić information content (AvgIpc) is 2.62. The van der Waals surface area contributed by atoms with Crippen molar-refractivity contribution in [3.63, 3.8) is 0 Å². The Hall–Kier alpha value is -0.0400. The van der Waals surface area contributed by atoms with E-state index in [-0.39, 0.29) is 0 Å². The van der Waals surface area contributed by atoms with E-state index in [4.69, 9.17) is 0 Å². The van der Waals surface area contributed by atoms with Crippen molar-refractivity contribution >= 4 is 0 Å². The summed E-state index contributed by atoms with van der Waals surface area (Å²) >= 11 is 0. The van der Waals surface area contributed by atoms with Crippen molar-refractivity contribution in [2.45, 2.75) is 38.6 Å². The maximum absolute atomic E-state index is 2.49. The lowest BCUT2D eigenvalue weighted by Crippen LogP contribution is -2.38. The van der Waals surface area contributed by atoms with Gasteiger partial charge in [0.05, 0.1) is 0 Å². The van der Waals surface area contributed by atoms with Gasteiger partial charge in [-0.3, -0.25) is 0 Å². The quantitative estimate of drug-likeness (QED) is 0.495. The van der Waals surface area contributed by atoms with Crippen LogP contribution < -0.4 is 0 Å². The average molecular weight is 139 g/mol. The lowest BCUT2D eigenvalue weighted by atomic mass is 9.89. The smallest absolute Gasteiger partial charge is 0.00691 e. The Labute approximate surface area is 63.4 Å². The van der Waals surface area contributed by atoms with E-state index < -0.39 is 0 Å². The lowest BCUT2D eigenvalue weighted by molar-refractivity contribution is 0.142. The molecule has 1 nitrogen and oxygen atoms in total. The molecule has 2 rings (SSSR count). The highest BCUT2D eigenvalue weighted by atomic mass is 15.1. The molecule has 1 aliphatic heterocycles. The van der Waals surface area contributed by atoms with Gasteiger partial charge in [-0.15, -0.1) is 0 Å². The van der Waals surface area contributed by atoms with Crippen molar-refractivity contribution < 1.29 is 0 Å². The van der Waals surface area contributed by atoms with Crippen molar-refractivity contribution in [3.8, 4) is 0 Å². The second kappa shape index (κ2) is 1.97. The van der Waals surface area contributed by atoms with Gasteiger partial charge in [-0.25, -0.2) is 0 Å². The van der Waals surface area contributed by atoms with Crippen LogP contribution in [0.4, 0.5) is 0 Å². The highest BCUT2D eigenvalue weighted by Crippen LogP contribution is 2.54. The van der Waals surface area contributed by atoms with Gasteiger partial charge in [0, 0.05) is 6.04 Å². The minimum atomic E-state index is 0.839. The van der Waals surface area contributed by atoms with Crippen LogP contribution in [0, 0.1) is 5.41 Å². The summed E-state index contributed by atoms with van der Waals surface area (Å²) in [7, 11) is 2.25. The van der Waals surface area contributed by atoms with E-state index in [1.807, 2.05) is 0 Å². The molecule has 0 amide bonds. The molecule has 1 saturated carbocycles. The van der Waals surface area contributed by atoms with Gasteiger partial charge >= 0.3 is 0 Å². The molecular formula is C9H17N. The van der Waals surface area contributed by atoms with E-state index in [9.17, 15) is 0 Å². The normalized spacial score (nSPS) is 38.4. The summed E-state index contributed by atoms with van der Waals surface area (Å²) in [6.07, 6.45) is 5.97. The SMILES string of the molecule is C[C@H]1CC2(CCN1C)CC2. The summed E-state index contributed by atoms with van der Waals surface area (Å²) in [4.78, 5) is 2.49. The monoisotopic (exact) mass is 139 g/mol. The molecule has 0 N–H and O–H groups in total. The predicted molar refractivity (Wildman–Crippen MR) is 43.0 cm³/mol. The number of likely N-dealkylation sites (tertiary alicyclic amines) is 1. The number of hydrogen-bond donors (Lipinski definition) is 0. The van der Waals surface area contributed by atoms with Crippen molar-refractivity contribution in [2.24, 2.45) is 5.41 Å². The maximum atomic E-state index is 2.49. The van der Waals surface area contributed by atoms with Crippen molar-refractivity contribution in [2.75, 3.05) is 13.6 Å². The summed E-state index contributed by atoms with van der Waals surface area (Å²) in [5, 5.41) is 0. The first kappa shape index (κ1) is 6.66. The Bertz CT molecular complexity index is 138. The first-order valence-electron chi connectivity index (χ1n) is 4.42. The minimum absolute atomic E-state index is 0.839. The Kier molecular flexibility index (Phi) is 1.31. The summed E-state index contributed by atoms with van der Waals surface area (Å²) < 4.78 is 0. The molecule has 2 aliphatic rings. The minimum Gasteiger partial charge on any atom is -0.304 e. The van der Waals surface area contributed by atoms with E-state index in [0.717, 1.165) is 11.5 Å². The maximum Gasteiger partial charge on any atom is 0.00691 e. The second-order valence-corrected chi connectivity index (χ2v) is 4.28. The molecule has 0 aromatic rings. The molecule has 1 atom stereocenters. The van der Waals surface area contributed by atoms with Gasteiger partial charge in [-0.2, -0.15) is 0 Å². The Morgan fingerprint density at radius 2 is 2.00 bits per heavy atom. The van der Waals surface area contributed by atoms with Crippen molar-refractivity contribution in [3.05, 3.63) is 0 Å². The van der Waals surface area contributed by atoms with Crippen molar-refractivity contribution in [1.82, 2.24) is 4.90 Å². The van der Waals surface area contributed by atoms with Gasteiger partial charge in [0.25, 0.3) is 0 Å². The zero-order chi connectivity index (χ0) is 7.19. The molecule has 1 aliphatic carbocycles. The lowest BCUT2D eigenvalue weighted by Gasteiger charge is -2.35. The van der Waals surface area contributed by atoms with E-state index in [0.29, 0.717) is 0 Å². The molecule has 1 spiro atoms. The van der Waals surface area contributed by atoms with E-state index in [2.05, 4.69) is 18.9 Å². The fraction of sp³-hybridized carbons (Fsp3) is 1.00. The third kappa shape index (κ3) is 0.968. The van der Waals surface area contributed by atoms with Crippen molar-refractivity contribution in [1.29, 1.82) is 0 Å². The molecule has 10 heavy (non-hydrogen) atoms. The molecule has 0 aromatic heterocycles. The third-order valence-corrected chi connectivity index (χ3v) is 3.43. The number of nitrogens with zero attached hydrogens (tertiary/aromatic N) is 1. The molecule has 0 bridgehead atoms. The molecule has 58 valence electrons. The third-order valence-electron chi connectivity index (χ3n) is 3.43. The summed E-state index contributed by atoms with van der Waals surface area (Å²) in [5.74, 6) is 0. The first-order valence-corrected chi connectivity index (χ1v) is 4.42. The number of hydrogen-bond acceptors (Lipinski definition) is 1. The summed E-state index contributed by atoms with van der Waals surface area (Å²) in [6.45, 7) is 3.69. The molecule has 0 unspecified atom stereocenters. The number of piperidine rings is 1. The van der Waals surface area contributed by atoms with E-state index in [1.54, 1.807) is 0 Å².